The molecule has 0 fully saturated rings. The normalized spacial score (nSPS) is 11.1. The standard InChI is InChI=1S/C18H18N6O/c1-24-9-8-13(23-24)14-12(10-11-6-4-3-5-7-11)15-16(21-17(14)25-2)22-18(19)20-15/h3-9H,10H2,1-2H3,(H3,19,20,21,22). The van der Waals surface area contributed by atoms with Crippen LogP contribution in [0.3, 0.4) is 0 Å². The maximum Gasteiger partial charge on any atom is 0.225 e. The summed E-state index contributed by atoms with van der Waals surface area (Å²) in [6.07, 6.45) is 2.58. The van der Waals surface area contributed by atoms with Gasteiger partial charge < -0.3 is 15.5 Å². The number of pyridine rings is 1. The lowest BCUT2D eigenvalue weighted by atomic mass is 9.98. The Morgan fingerprint density at radius 2 is 1.96 bits per heavy atom. The van der Waals surface area contributed by atoms with Crippen LogP contribution in [0.25, 0.3) is 22.4 Å². The van der Waals surface area contributed by atoms with Gasteiger partial charge in [0.05, 0.1) is 23.9 Å². The average molecular weight is 334 g/mol. The summed E-state index contributed by atoms with van der Waals surface area (Å²) in [5.41, 5.74) is 11.0. The van der Waals surface area contributed by atoms with Crippen molar-refractivity contribution < 1.29 is 4.74 Å². The van der Waals surface area contributed by atoms with Crippen molar-refractivity contribution in [2.45, 2.75) is 6.42 Å². The fourth-order valence-electron chi connectivity index (χ4n) is 3.02. The predicted octanol–water partition coefficient (Wildman–Crippen LogP) is 2.54. The lowest BCUT2D eigenvalue weighted by Gasteiger charge is -2.13. The predicted molar refractivity (Wildman–Crippen MR) is 96.3 cm³/mol. The van der Waals surface area contributed by atoms with Gasteiger partial charge in [-0.25, -0.2) is 0 Å². The molecule has 0 radical (unpaired) electrons. The molecule has 3 aromatic heterocycles. The number of benzene rings is 1. The van der Waals surface area contributed by atoms with Gasteiger partial charge in [-0.1, -0.05) is 30.3 Å². The summed E-state index contributed by atoms with van der Waals surface area (Å²) in [5, 5.41) is 4.54. The zero-order valence-electron chi connectivity index (χ0n) is 14.0. The van der Waals surface area contributed by atoms with E-state index in [9.17, 15) is 0 Å². The number of fused-ring (bicyclic) bond motifs is 1. The minimum Gasteiger partial charge on any atom is -0.480 e. The Hall–Kier alpha value is -3.35. The van der Waals surface area contributed by atoms with Crippen molar-refractivity contribution in [3.63, 3.8) is 0 Å². The number of imidazole rings is 1. The van der Waals surface area contributed by atoms with Crippen molar-refractivity contribution in [1.29, 1.82) is 0 Å². The van der Waals surface area contributed by atoms with E-state index in [0.29, 0.717) is 23.9 Å². The van der Waals surface area contributed by atoms with Crippen molar-refractivity contribution in [3.8, 4) is 17.1 Å². The van der Waals surface area contributed by atoms with E-state index in [-0.39, 0.29) is 0 Å². The largest absolute Gasteiger partial charge is 0.480 e. The Labute approximate surface area is 144 Å². The number of methoxy groups -OCH3 is 1. The van der Waals surface area contributed by atoms with Crippen LogP contribution in [0.2, 0.25) is 0 Å². The van der Waals surface area contributed by atoms with Crippen molar-refractivity contribution in [3.05, 3.63) is 53.7 Å². The maximum absolute atomic E-state index is 5.87. The summed E-state index contributed by atoms with van der Waals surface area (Å²) in [6, 6.07) is 12.2. The van der Waals surface area contributed by atoms with E-state index < -0.39 is 0 Å². The van der Waals surface area contributed by atoms with Crippen LogP contribution in [0.5, 0.6) is 5.88 Å². The molecule has 25 heavy (non-hydrogen) atoms. The number of nitrogens with zero attached hydrogens (tertiary/aromatic N) is 4. The van der Waals surface area contributed by atoms with Gasteiger partial charge in [0.2, 0.25) is 5.88 Å². The van der Waals surface area contributed by atoms with Crippen LogP contribution in [-0.4, -0.2) is 31.8 Å². The molecule has 126 valence electrons. The monoisotopic (exact) mass is 334 g/mol. The van der Waals surface area contributed by atoms with Gasteiger partial charge in [-0.15, -0.1) is 0 Å². The lowest BCUT2D eigenvalue weighted by Crippen LogP contribution is -2.01. The smallest absolute Gasteiger partial charge is 0.225 e. The maximum atomic E-state index is 5.87. The highest BCUT2D eigenvalue weighted by atomic mass is 16.5. The summed E-state index contributed by atoms with van der Waals surface area (Å²) in [4.78, 5) is 11.9. The molecule has 0 atom stereocenters. The van der Waals surface area contributed by atoms with Crippen LogP contribution in [0.4, 0.5) is 5.95 Å². The number of anilines is 1. The zero-order valence-corrected chi connectivity index (χ0v) is 14.0. The highest BCUT2D eigenvalue weighted by Gasteiger charge is 2.21. The first kappa shape index (κ1) is 15.2. The van der Waals surface area contributed by atoms with Crippen molar-refractivity contribution >= 4 is 17.1 Å². The molecule has 0 unspecified atom stereocenters. The van der Waals surface area contributed by atoms with Gasteiger partial charge in [-0.2, -0.15) is 15.1 Å². The van der Waals surface area contributed by atoms with Gasteiger partial charge in [-0.3, -0.25) is 4.68 Å². The minimum absolute atomic E-state index is 0.331. The number of H-pyrrole nitrogens is 1. The van der Waals surface area contributed by atoms with Gasteiger partial charge in [-0.05, 0) is 17.2 Å². The van der Waals surface area contributed by atoms with Crippen LogP contribution in [0.15, 0.2) is 42.6 Å². The summed E-state index contributed by atoms with van der Waals surface area (Å²) < 4.78 is 7.31. The van der Waals surface area contributed by atoms with E-state index in [2.05, 4.69) is 32.2 Å². The number of hydrogen-bond donors (Lipinski definition) is 2. The van der Waals surface area contributed by atoms with Gasteiger partial charge in [0.1, 0.15) is 0 Å². The SMILES string of the molecule is COc1nc2nc(N)[nH]c2c(Cc2ccccc2)c1-c1ccn(C)n1. The molecule has 4 aromatic rings. The number of aromatic amines is 1. The molecule has 0 amide bonds. The van der Waals surface area contributed by atoms with Crippen molar-refractivity contribution in [2.24, 2.45) is 7.05 Å². The summed E-state index contributed by atoms with van der Waals surface area (Å²) in [5.74, 6) is 0.820. The third kappa shape index (κ3) is 2.69. The number of nitrogens with two attached hydrogens (primary N) is 1. The van der Waals surface area contributed by atoms with Crippen LogP contribution in [-0.2, 0) is 13.5 Å². The van der Waals surface area contributed by atoms with Gasteiger partial charge in [0, 0.05) is 19.7 Å². The Balaban J connectivity index is 2.01. The highest BCUT2D eigenvalue weighted by Crippen LogP contribution is 2.36. The van der Waals surface area contributed by atoms with Crippen LogP contribution >= 0.6 is 0 Å². The summed E-state index contributed by atoms with van der Waals surface area (Å²) in [6.45, 7) is 0. The highest BCUT2D eigenvalue weighted by molar-refractivity contribution is 5.87. The Bertz CT molecular complexity index is 1030. The minimum atomic E-state index is 0.331. The molecule has 0 bridgehead atoms. The molecular weight excluding hydrogens is 316 g/mol. The number of nitrogen functional groups attached to an aromatic ring is 1. The molecule has 0 aliphatic carbocycles. The number of aromatic nitrogens is 5. The van der Waals surface area contributed by atoms with Crippen LogP contribution in [0.1, 0.15) is 11.1 Å². The van der Waals surface area contributed by atoms with E-state index in [1.807, 2.05) is 37.5 Å². The second kappa shape index (κ2) is 5.94. The molecule has 0 saturated heterocycles. The number of rotatable bonds is 4. The van der Waals surface area contributed by atoms with Crippen molar-refractivity contribution in [2.75, 3.05) is 12.8 Å². The Morgan fingerprint density at radius 1 is 1.16 bits per heavy atom. The zero-order chi connectivity index (χ0) is 17.4. The van der Waals surface area contributed by atoms with Gasteiger partial charge in [0.25, 0.3) is 0 Å². The molecule has 1 aromatic carbocycles. The number of aryl methyl sites for hydroxylation is 1. The molecule has 0 spiro atoms. The second-order valence-corrected chi connectivity index (χ2v) is 5.83. The fourth-order valence-corrected chi connectivity index (χ4v) is 3.02. The van der Waals surface area contributed by atoms with Gasteiger partial charge in [0.15, 0.2) is 11.6 Å². The summed E-state index contributed by atoms with van der Waals surface area (Å²) >= 11 is 0. The molecule has 7 nitrogen and oxygen atoms in total. The number of hydrogen-bond acceptors (Lipinski definition) is 5. The summed E-state index contributed by atoms with van der Waals surface area (Å²) in [7, 11) is 3.48. The molecule has 4 rings (SSSR count). The lowest BCUT2D eigenvalue weighted by molar-refractivity contribution is 0.400. The van der Waals surface area contributed by atoms with Crippen LogP contribution < -0.4 is 10.5 Å². The Morgan fingerprint density at radius 3 is 2.64 bits per heavy atom. The quantitative estimate of drug-likeness (QED) is 0.598. The third-order valence-corrected chi connectivity index (χ3v) is 4.11. The Kier molecular flexibility index (Phi) is 3.61. The molecule has 0 aliphatic rings. The van der Waals surface area contributed by atoms with E-state index in [0.717, 1.165) is 22.3 Å². The first-order valence-corrected chi connectivity index (χ1v) is 7.91. The molecule has 3 N–H and O–H groups in total. The van der Waals surface area contributed by atoms with Crippen LogP contribution in [0, 0.1) is 0 Å². The van der Waals surface area contributed by atoms with E-state index in [4.69, 9.17) is 10.5 Å². The number of ether oxygens (including phenoxy) is 1. The fraction of sp³-hybridized carbons (Fsp3) is 0.167. The molecular formula is C18H18N6O. The van der Waals surface area contributed by atoms with Crippen molar-refractivity contribution in [1.82, 2.24) is 24.7 Å². The van der Waals surface area contributed by atoms with E-state index in [1.54, 1.807) is 11.8 Å². The first-order chi connectivity index (χ1) is 12.2. The first-order valence-electron chi connectivity index (χ1n) is 7.91. The average Bonchev–Trinajstić information content (AvgIpc) is 3.20. The third-order valence-electron chi connectivity index (χ3n) is 4.11. The topological polar surface area (TPSA) is 94.6 Å². The van der Waals surface area contributed by atoms with E-state index in [1.165, 1.54) is 5.56 Å². The van der Waals surface area contributed by atoms with E-state index >= 15 is 0 Å². The molecule has 3 heterocycles. The second-order valence-electron chi connectivity index (χ2n) is 5.83. The van der Waals surface area contributed by atoms with Gasteiger partial charge >= 0.3 is 0 Å². The number of nitrogens with one attached hydrogen (secondary N) is 1. The molecule has 0 saturated carbocycles. The molecule has 7 heteroatoms. The molecule has 0 aliphatic heterocycles.